The van der Waals surface area contributed by atoms with Gasteiger partial charge in [-0.15, -0.1) is 0 Å². The van der Waals surface area contributed by atoms with E-state index in [0.717, 1.165) is 29.0 Å². The van der Waals surface area contributed by atoms with Gasteiger partial charge in [0.25, 0.3) is 0 Å². The van der Waals surface area contributed by atoms with E-state index in [9.17, 15) is 4.79 Å². The number of ether oxygens (including phenoxy) is 1. The van der Waals surface area contributed by atoms with Gasteiger partial charge < -0.3 is 20.7 Å². The highest BCUT2D eigenvalue weighted by Gasteiger charge is 2.43. The summed E-state index contributed by atoms with van der Waals surface area (Å²) >= 11 is 0. The van der Waals surface area contributed by atoms with E-state index in [0.29, 0.717) is 12.1 Å². The first kappa shape index (κ1) is 16.3. The van der Waals surface area contributed by atoms with Crippen LogP contribution in [0.5, 0.6) is 5.75 Å². The summed E-state index contributed by atoms with van der Waals surface area (Å²) in [6.07, 6.45) is 4.63. The maximum atomic E-state index is 12.9. The van der Waals surface area contributed by atoms with Gasteiger partial charge in [-0.05, 0) is 36.1 Å². The van der Waals surface area contributed by atoms with E-state index in [1.54, 1.807) is 19.5 Å². The standard InChI is InChI=1S/C18H22N4O2/c1-22(2)13-9-12(10-20-11-13)21-17(23)18(19)8-7-14-15(18)5-4-6-16(14)24-3/h4-6,9-11H,7-8,19H2,1-3H3,(H,21,23). The monoisotopic (exact) mass is 326 g/mol. The molecule has 0 spiro atoms. The van der Waals surface area contributed by atoms with Crippen molar-refractivity contribution < 1.29 is 9.53 Å². The van der Waals surface area contributed by atoms with Crippen LogP contribution in [0.25, 0.3) is 0 Å². The third-order valence-corrected chi connectivity index (χ3v) is 4.51. The summed E-state index contributed by atoms with van der Waals surface area (Å²) < 4.78 is 5.39. The molecule has 3 rings (SSSR count). The van der Waals surface area contributed by atoms with Gasteiger partial charge in [-0.2, -0.15) is 0 Å². The van der Waals surface area contributed by atoms with Crippen molar-refractivity contribution >= 4 is 17.3 Å². The lowest BCUT2D eigenvalue weighted by Gasteiger charge is -2.24. The normalized spacial score (nSPS) is 18.8. The summed E-state index contributed by atoms with van der Waals surface area (Å²) in [7, 11) is 5.48. The zero-order valence-corrected chi connectivity index (χ0v) is 14.2. The molecule has 0 fully saturated rings. The molecule has 3 N–H and O–H groups in total. The Bertz CT molecular complexity index is 775. The molecular weight excluding hydrogens is 304 g/mol. The summed E-state index contributed by atoms with van der Waals surface area (Å²) in [5, 5.41) is 2.90. The minimum atomic E-state index is -1.06. The van der Waals surface area contributed by atoms with Gasteiger partial charge in [0.1, 0.15) is 11.3 Å². The first-order valence-electron chi connectivity index (χ1n) is 7.85. The second kappa shape index (κ2) is 6.13. The fourth-order valence-electron chi connectivity index (χ4n) is 3.11. The highest BCUT2D eigenvalue weighted by atomic mass is 16.5. The molecule has 1 heterocycles. The Kier molecular flexibility index (Phi) is 4.15. The number of aromatic nitrogens is 1. The summed E-state index contributed by atoms with van der Waals surface area (Å²) in [5.74, 6) is 0.552. The van der Waals surface area contributed by atoms with Crippen molar-refractivity contribution in [2.45, 2.75) is 18.4 Å². The number of pyridine rings is 1. The molecule has 126 valence electrons. The molecule has 24 heavy (non-hydrogen) atoms. The quantitative estimate of drug-likeness (QED) is 0.897. The molecule has 1 unspecified atom stereocenters. The zero-order chi connectivity index (χ0) is 17.3. The average molecular weight is 326 g/mol. The van der Waals surface area contributed by atoms with Crippen LogP contribution < -0.4 is 20.7 Å². The van der Waals surface area contributed by atoms with E-state index >= 15 is 0 Å². The maximum absolute atomic E-state index is 12.9. The van der Waals surface area contributed by atoms with Gasteiger partial charge in [-0.3, -0.25) is 9.78 Å². The molecule has 0 aliphatic heterocycles. The molecule has 0 saturated carbocycles. The first-order valence-corrected chi connectivity index (χ1v) is 7.85. The SMILES string of the molecule is COc1cccc2c1CCC2(N)C(=O)Nc1cncc(N(C)C)c1. The van der Waals surface area contributed by atoms with E-state index in [2.05, 4.69) is 10.3 Å². The number of benzene rings is 1. The topological polar surface area (TPSA) is 80.5 Å². The van der Waals surface area contributed by atoms with Crippen molar-refractivity contribution in [3.05, 3.63) is 47.8 Å². The minimum Gasteiger partial charge on any atom is -0.496 e. The lowest BCUT2D eigenvalue weighted by atomic mass is 9.91. The predicted molar refractivity (Wildman–Crippen MR) is 94.4 cm³/mol. The van der Waals surface area contributed by atoms with Crippen molar-refractivity contribution in [3.8, 4) is 5.75 Å². The van der Waals surface area contributed by atoms with Gasteiger partial charge in [0.2, 0.25) is 5.91 Å². The van der Waals surface area contributed by atoms with Crippen LogP contribution in [0.2, 0.25) is 0 Å². The molecular formula is C18H22N4O2. The fourth-order valence-corrected chi connectivity index (χ4v) is 3.11. The van der Waals surface area contributed by atoms with Crippen molar-refractivity contribution in [2.24, 2.45) is 5.73 Å². The molecule has 1 aliphatic rings. The molecule has 6 heteroatoms. The van der Waals surface area contributed by atoms with E-state index in [4.69, 9.17) is 10.5 Å². The Morgan fingerprint density at radius 3 is 2.88 bits per heavy atom. The largest absolute Gasteiger partial charge is 0.496 e. The highest BCUT2D eigenvalue weighted by Crippen LogP contribution is 2.40. The van der Waals surface area contributed by atoms with E-state index < -0.39 is 5.54 Å². The molecule has 1 atom stereocenters. The van der Waals surface area contributed by atoms with Crippen LogP contribution in [0.15, 0.2) is 36.7 Å². The molecule has 6 nitrogen and oxygen atoms in total. The Morgan fingerprint density at radius 2 is 2.17 bits per heavy atom. The van der Waals surface area contributed by atoms with Crippen LogP contribution in [-0.4, -0.2) is 32.1 Å². The number of rotatable bonds is 4. The summed E-state index contributed by atoms with van der Waals surface area (Å²) in [6, 6.07) is 7.54. The number of anilines is 2. The number of carbonyl (C=O) groups is 1. The lowest BCUT2D eigenvalue weighted by molar-refractivity contribution is -0.121. The number of hydrogen-bond acceptors (Lipinski definition) is 5. The van der Waals surface area contributed by atoms with Crippen LogP contribution in [-0.2, 0) is 16.8 Å². The molecule has 1 amide bonds. The number of hydrogen-bond donors (Lipinski definition) is 2. The van der Waals surface area contributed by atoms with Gasteiger partial charge in [-0.25, -0.2) is 0 Å². The Morgan fingerprint density at radius 1 is 1.38 bits per heavy atom. The van der Waals surface area contributed by atoms with Crippen LogP contribution in [0.1, 0.15) is 17.5 Å². The Labute approximate surface area is 141 Å². The average Bonchev–Trinajstić information content (AvgIpc) is 2.94. The minimum absolute atomic E-state index is 0.229. The van der Waals surface area contributed by atoms with Crippen molar-refractivity contribution in [3.63, 3.8) is 0 Å². The molecule has 0 saturated heterocycles. The van der Waals surface area contributed by atoms with Crippen molar-refractivity contribution in [2.75, 3.05) is 31.4 Å². The summed E-state index contributed by atoms with van der Waals surface area (Å²) in [5.41, 5.74) is 8.81. The zero-order valence-electron chi connectivity index (χ0n) is 14.2. The lowest BCUT2D eigenvalue weighted by Crippen LogP contribution is -2.46. The maximum Gasteiger partial charge on any atom is 0.249 e. The number of nitrogens with one attached hydrogen (secondary N) is 1. The van der Waals surface area contributed by atoms with Crippen molar-refractivity contribution in [1.29, 1.82) is 0 Å². The molecule has 1 aromatic carbocycles. The molecule has 2 aromatic rings. The van der Waals surface area contributed by atoms with Gasteiger partial charge in [0, 0.05) is 14.1 Å². The van der Waals surface area contributed by atoms with Crippen LogP contribution in [0.3, 0.4) is 0 Å². The Hall–Kier alpha value is -2.60. The van der Waals surface area contributed by atoms with Gasteiger partial charge in [0.05, 0.1) is 30.9 Å². The molecule has 0 radical (unpaired) electrons. The summed E-state index contributed by atoms with van der Waals surface area (Å²) in [4.78, 5) is 19.0. The third kappa shape index (κ3) is 2.69. The third-order valence-electron chi connectivity index (χ3n) is 4.51. The first-order chi connectivity index (χ1) is 11.5. The predicted octanol–water partition coefficient (Wildman–Crippen LogP) is 1.90. The number of fused-ring (bicyclic) bond motifs is 1. The number of amides is 1. The highest BCUT2D eigenvalue weighted by molar-refractivity contribution is 5.99. The molecule has 1 aromatic heterocycles. The smallest absolute Gasteiger partial charge is 0.249 e. The fraction of sp³-hybridized carbons (Fsp3) is 0.333. The van der Waals surface area contributed by atoms with Crippen LogP contribution in [0, 0.1) is 0 Å². The van der Waals surface area contributed by atoms with E-state index in [-0.39, 0.29) is 5.91 Å². The number of carbonyl (C=O) groups excluding carboxylic acids is 1. The van der Waals surface area contributed by atoms with Gasteiger partial charge in [-0.1, -0.05) is 12.1 Å². The summed E-state index contributed by atoms with van der Waals surface area (Å²) in [6.45, 7) is 0. The van der Waals surface area contributed by atoms with Crippen LogP contribution >= 0.6 is 0 Å². The van der Waals surface area contributed by atoms with Gasteiger partial charge in [0.15, 0.2) is 0 Å². The van der Waals surface area contributed by atoms with Crippen LogP contribution in [0.4, 0.5) is 11.4 Å². The van der Waals surface area contributed by atoms with Gasteiger partial charge >= 0.3 is 0 Å². The second-order valence-corrected chi connectivity index (χ2v) is 6.24. The van der Waals surface area contributed by atoms with E-state index in [1.807, 2.05) is 43.3 Å². The number of nitrogens with two attached hydrogens (primary N) is 1. The number of nitrogens with zero attached hydrogens (tertiary/aromatic N) is 2. The molecule has 0 bridgehead atoms. The Balaban J connectivity index is 1.88. The van der Waals surface area contributed by atoms with E-state index in [1.165, 1.54) is 0 Å². The van der Waals surface area contributed by atoms with Crippen molar-refractivity contribution in [1.82, 2.24) is 4.98 Å². The molecule has 1 aliphatic carbocycles. The second-order valence-electron chi connectivity index (χ2n) is 6.24. The number of methoxy groups -OCH3 is 1.